The molecule has 2 rings (SSSR count). The zero-order valence-corrected chi connectivity index (χ0v) is 12.4. The molecule has 0 aliphatic heterocycles. The summed E-state index contributed by atoms with van der Waals surface area (Å²) in [5.41, 5.74) is 1.46. The summed E-state index contributed by atoms with van der Waals surface area (Å²) in [6, 6.07) is 1.96. The molecule has 19 heavy (non-hydrogen) atoms. The first-order valence-corrected chi connectivity index (χ1v) is 7.09. The van der Waals surface area contributed by atoms with Crippen molar-refractivity contribution in [1.82, 2.24) is 9.88 Å². The number of rotatable bonds is 3. The van der Waals surface area contributed by atoms with Crippen molar-refractivity contribution in [2.24, 2.45) is 5.92 Å². The molecule has 2 unspecified atom stereocenters. The first-order valence-electron chi connectivity index (χ1n) is 7.09. The van der Waals surface area contributed by atoms with Crippen LogP contribution in [0.2, 0.25) is 0 Å². The smallest absolute Gasteiger partial charge is 0.184 e. The van der Waals surface area contributed by atoms with Gasteiger partial charge in [0.15, 0.2) is 5.78 Å². The van der Waals surface area contributed by atoms with E-state index in [1.807, 2.05) is 27.1 Å². The summed E-state index contributed by atoms with van der Waals surface area (Å²) in [5, 5.41) is 0. The normalized spacial score (nSPS) is 27.5. The van der Waals surface area contributed by atoms with Gasteiger partial charge in [-0.1, -0.05) is 19.8 Å². The summed E-state index contributed by atoms with van der Waals surface area (Å²) in [6.45, 7) is 4.23. The lowest BCUT2D eigenvalue weighted by Gasteiger charge is -2.43. The highest BCUT2D eigenvalue weighted by Gasteiger charge is 2.43. The summed E-state index contributed by atoms with van der Waals surface area (Å²) >= 11 is 0. The minimum absolute atomic E-state index is 0.236. The van der Waals surface area contributed by atoms with E-state index in [4.69, 9.17) is 0 Å². The van der Waals surface area contributed by atoms with Crippen molar-refractivity contribution in [2.75, 3.05) is 14.1 Å². The second-order valence-electron chi connectivity index (χ2n) is 6.21. The van der Waals surface area contributed by atoms with E-state index in [1.165, 1.54) is 6.42 Å². The van der Waals surface area contributed by atoms with E-state index in [1.54, 1.807) is 12.4 Å². The van der Waals surface area contributed by atoms with Gasteiger partial charge in [-0.05, 0) is 51.4 Å². The van der Waals surface area contributed by atoms with Gasteiger partial charge < -0.3 is 0 Å². The first-order chi connectivity index (χ1) is 8.95. The second kappa shape index (κ2) is 5.41. The van der Waals surface area contributed by atoms with Crippen molar-refractivity contribution in [3.63, 3.8) is 0 Å². The van der Waals surface area contributed by atoms with Crippen LogP contribution >= 0.6 is 0 Å². The molecule has 104 valence electrons. The van der Waals surface area contributed by atoms with Gasteiger partial charge in [0.25, 0.3) is 0 Å². The fraction of sp³-hybridized carbons (Fsp3) is 0.625. The van der Waals surface area contributed by atoms with E-state index in [0.29, 0.717) is 5.92 Å². The van der Waals surface area contributed by atoms with Crippen LogP contribution in [0.3, 0.4) is 0 Å². The molecular formula is C16H24N2O. The standard InChI is InChI=1S/C16H24N2O/c1-12-6-5-7-16(9-12,18(3)4)15(19)14-8-13(2)10-17-11-14/h8,10-12H,5-7,9H2,1-4H3. The largest absolute Gasteiger partial charge is 0.297 e. The zero-order valence-electron chi connectivity index (χ0n) is 12.4. The minimum Gasteiger partial charge on any atom is -0.297 e. The molecule has 0 aromatic carbocycles. The van der Waals surface area contributed by atoms with Crippen LogP contribution in [0.5, 0.6) is 0 Å². The lowest BCUT2D eigenvalue weighted by Crippen LogP contribution is -2.53. The van der Waals surface area contributed by atoms with Crippen molar-refractivity contribution in [1.29, 1.82) is 0 Å². The van der Waals surface area contributed by atoms with E-state index >= 15 is 0 Å². The Morgan fingerprint density at radius 2 is 2.16 bits per heavy atom. The molecule has 1 aliphatic carbocycles. The molecule has 0 amide bonds. The quantitative estimate of drug-likeness (QED) is 0.783. The number of nitrogens with zero attached hydrogens (tertiary/aromatic N) is 2. The second-order valence-corrected chi connectivity index (χ2v) is 6.21. The number of carbonyl (C=O) groups excluding carboxylic acids is 1. The average molecular weight is 260 g/mol. The summed E-state index contributed by atoms with van der Waals surface area (Å²) in [5.74, 6) is 0.845. The summed E-state index contributed by atoms with van der Waals surface area (Å²) < 4.78 is 0. The Morgan fingerprint density at radius 3 is 2.74 bits per heavy atom. The number of ketones is 1. The molecule has 1 aliphatic rings. The number of aryl methyl sites for hydroxylation is 1. The summed E-state index contributed by atoms with van der Waals surface area (Å²) in [7, 11) is 4.05. The summed E-state index contributed by atoms with van der Waals surface area (Å²) in [6.07, 6.45) is 7.77. The Morgan fingerprint density at radius 1 is 1.42 bits per heavy atom. The number of aromatic nitrogens is 1. The van der Waals surface area contributed by atoms with Crippen LogP contribution in [0.25, 0.3) is 0 Å². The monoisotopic (exact) mass is 260 g/mol. The third-order valence-corrected chi connectivity index (χ3v) is 4.39. The fourth-order valence-corrected chi connectivity index (χ4v) is 3.29. The third kappa shape index (κ3) is 2.71. The lowest BCUT2D eigenvalue weighted by molar-refractivity contribution is 0.0486. The Kier molecular flexibility index (Phi) is 4.04. The molecule has 1 saturated carbocycles. The van der Waals surface area contributed by atoms with Crippen LogP contribution in [0.15, 0.2) is 18.5 Å². The predicted molar refractivity (Wildman–Crippen MR) is 77.4 cm³/mol. The van der Waals surface area contributed by atoms with Crippen molar-refractivity contribution in [2.45, 2.75) is 45.1 Å². The molecule has 2 atom stereocenters. The van der Waals surface area contributed by atoms with Gasteiger partial charge in [-0.3, -0.25) is 14.7 Å². The third-order valence-electron chi connectivity index (χ3n) is 4.39. The zero-order chi connectivity index (χ0) is 14.0. The maximum absolute atomic E-state index is 13.0. The van der Waals surface area contributed by atoms with Crippen molar-refractivity contribution in [3.05, 3.63) is 29.6 Å². The highest BCUT2D eigenvalue weighted by molar-refractivity contribution is 6.03. The van der Waals surface area contributed by atoms with Crippen LogP contribution in [0.4, 0.5) is 0 Å². The fourth-order valence-electron chi connectivity index (χ4n) is 3.29. The predicted octanol–water partition coefficient (Wildman–Crippen LogP) is 3.08. The van der Waals surface area contributed by atoms with Gasteiger partial charge in [0.1, 0.15) is 0 Å². The minimum atomic E-state index is -0.340. The van der Waals surface area contributed by atoms with Crippen molar-refractivity contribution >= 4 is 5.78 Å². The molecular weight excluding hydrogens is 236 g/mol. The van der Waals surface area contributed by atoms with Crippen LogP contribution in [-0.2, 0) is 0 Å². The molecule has 1 aromatic heterocycles. The molecule has 0 spiro atoms. The maximum Gasteiger partial charge on any atom is 0.184 e. The number of pyridine rings is 1. The van der Waals surface area contributed by atoms with Gasteiger partial charge in [-0.15, -0.1) is 0 Å². The van der Waals surface area contributed by atoms with Crippen LogP contribution in [0.1, 0.15) is 48.5 Å². The van der Waals surface area contributed by atoms with Crippen molar-refractivity contribution in [3.8, 4) is 0 Å². The molecule has 1 aromatic rings. The maximum atomic E-state index is 13.0. The van der Waals surface area contributed by atoms with E-state index in [0.717, 1.165) is 30.4 Å². The topological polar surface area (TPSA) is 33.2 Å². The first kappa shape index (κ1) is 14.2. The SMILES string of the molecule is Cc1cncc(C(=O)C2(N(C)C)CCCC(C)C2)c1. The van der Waals surface area contributed by atoms with Gasteiger partial charge in [0.2, 0.25) is 0 Å². The van der Waals surface area contributed by atoms with Crippen LogP contribution in [0, 0.1) is 12.8 Å². The highest BCUT2D eigenvalue weighted by atomic mass is 16.1. The number of likely N-dealkylation sites (N-methyl/N-ethyl adjacent to an activating group) is 1. The van der Waals surface area contributed by atoms with E-state index in [-0.39, 0.29) is 11.3 Å². The molecule has 1 fully saturated rings. The molecule has 0 N–H and O–H groups in total. The number of hydrogen-bond donors (Lipinski definition) is 0. The average Bonchev–Trinajstić information content (AvgIpc) is 2.37. The molecule has 3 nitrogen and oxygen atoms in total. The van der Waals surface area contributed by atoms with Gasteiger partial charge in [0, 0.05) is 18.0 Å². The molecule has 3 heteroatoms. The molecule has 1 heterocycles. The van der Waals surface area contributed by atoms with Gasteiger partial charge in [-0.25, -0.2) is 0 Å². The van der Waals surface area contributed by atoms with Gasteiger partial charge >= 0.3 is 0 Å². The Bertz CT molecular complexity index is 470. The van der Waals surface area contributed by atoms with Crippen LogP contribution < -0.4 is 0 Å². The Balaban J connectivity index is 2.36. The van der Waals surface area contributed by atoms with E-state index in [2.05, 4.69) is 16.8 Å². The summed E-state index contributed by atoms with van der Waals surface area (Å²) in [4.78, 5) is 19.3. The highest BCUT2D eigenvalue weighted by Crippen LogP contribution is 2.38. The molecule has 0 saturated heterocycles. The number of Topliss-reactive ketones (excluding diaryl/α,β-unsaturated/α-hetero) is 1. The van der Waals surface area contributed by atoms with E-state index < -0.39 is 0 Å². The van der Waals surface area contributed by atoms with Crippen LogP contribution in [-0.4, -0.2) is 35.3 Å². The van der Waals surface area contributed by atoms with Crippen molar-refractivity contribution < 1.29 is 4.79 Å². The number of carbonyl (C=O) groups is 1. The van der Waals surface area contributed by atoms with Gasteiger partial charge in [0.05, 0.1) is 5.54 Å². The van der Waals surface area contributed by atoms with Gasteiger partial charge in [-0.2, -0.15) is 0 Å². The Hall–Kier alpha value is -1.22. The molecule has 0 bridgehead atoms. The number of hydrogen-bond acceptors (Lipinski definition) is 3. The van der Waals surface area contributed by atoms with E-state index in [9.17, 15) is 4.79 Å². The lowest BCUT2D eigenvalue weighted by atomic mass is 9.72. The molecule has 0 radical (unpaired) electrons. The Labute approximate surface area is 116 Å².